The number of nitrogens with one attached hydrogen (secondary N) is 2. The SMILES string of the molecule is CSc1ccc(-c2csc(NC(=O)CCCNC(=O)C3CC3)n2)cc1. The molecule has 2 N–H and O–H groups in total. The van der Waals surface area contributed by atoms with E-state index in [2.05, 4.69) is 27.8 Å². The van der Waals surface area contributed by atoms with E-state index in [0.717, 1.165) is 24.1 Å². The Morgan fingerprint density at radius 1 is 1.28 bits per heavy atom. The van der Waals surface area contributed by atoms with E-state index in [4.69, 9.17) is 0 Å². The van der Waals surface area contributed by atoms with Gasteiger partial charge in [-0.2, -0.15) is 0 Å². The molecule has 0 saturated heterocycles. The maximum Gasteiger partial charge on any atom is 0.226 e. The van der Waals surface area contributed by atoms with Crippen LogP contribution >= 0.6 is 23.1 Å². The first kappa shape index (κ1) is 17.9. The molecule has 1 aliphatic rings. The molecule has 2 amide bonds. The summed E-state index contributed by atoms with van der Waals surface area (Å²) in [4.78, 5) is 29.2. The van der Waals surface area contributed by atoms with Crippen LogP contribution in [0.3, 0.4) is 0 Å². The summed E-state index contributed by atoms with van der Waals surface area (Å²) in [5.41, 5.74) is 1.90. The molecule has 1 heterocycles. The maximum absolute atomic E-state index is 12.0. The van der Waals surface area contributed by atoms with E-state index in [9.17, 15) is 9.59 Å². The molecule has 7 heteroatoms. The highest BCUT2D eigenvalue weighted by Gasteiger charge is 2.28. The van der Waals surface area contributed by atoms with Gasteiger partial charge in [-0.15, -0.1) is 23.1 Å². The van der Waals surface area contributed by atoms with Crippen LogP contribution in [0.5, 0.6) is 0 Å². The maximum atomic E-state index is 12.0. The number of aromatic nitrogens is 1. The van der Waals surface area contributed by atoms with E-state index < -0.39 is 0 Å². The van der Waals surface area contributed by atoms with Crippen molar-refractivity contribution in [1.29, 1.82) is 0 Å². The first-order valence-electron chi connectivity index (χ1n) is 8.33. The van der Waals surface area contributed by atoms with Gasteiger partial charge in [0, 0.05) is 34.7 Å². The number of amides is 2. The van der Waals surface area contributed by atoms with Gasteiger partial charge in [-0.1, -0.05) is 12.1 Å². The van der Waals surface area contributed by atoms with Crippen molar-refractivity contribution in [2.75, 3.05) is 18.1 Å². The quantitative estimate of drug-likeness (QED) is 0.544. The first-order valence-corrected chi connectivity index (χ1v) is 10.4. The summed E-state index contributed by atoms with van der Waals surface area (Å²) in [5, 5.41) is 8.25. The number of hydrogen-bond acceptors (Lipinski definition) is 5. The lowest BCUT2D eigenvalue weighted by Gasteiger charge is -2.04. The molecule has 0 spiro atoms. The second kappa shape index (κ2) is 8.49. The molecular weight excluding hydrogens is 354 g/mol. The number of benzene rings is 1. The summed E-state index contributed by atoms with van der Waals surface area (Å²) in [6.45, 7) is 0.549. The van der Waals surface area contributed by atoms with Crippen LogP contribution < -0.4 is 10.6 Å². The Hall–Kier alpha value is -1.86. The third kappa shape index (κ3) is 5.31. The van der Waals surface area contributed by atoms with Crippen molar-refractivity contribution in [3.8, 4) is 11.3 Å². The van der Waals surface area contributed by atoms with Crippen LogP contribution in [0.2, 0.25) is 0 Å². The fraction of sp³-hybridized carbons (Fsp3) is 0.389. The molecule has 2 aromatic rings. The lowest BCUT2D eigenvalue weighted by molar-refractivity contribution is -0.122. The Kier molecular flexibility index (Phi) is 6.09. The van der Waals surface area contributed by atoms with Gasteiger partial charge in [0.05, 0.1) is 5.69 Å². The normalized spacial score (nSPS) is 13.5. The van der Waals surface area contributed by atoms with Crippen molar-refractivity contribution in [3.05, 3.63) is 29.6 Å². The Balaban J connectivity index is 1.43. The second-order valence-electron chi connectivity index (χ2n) is 5.98. The third-order valence-electron chi connectivity index (χ3n) is 3.96. The van der Waals surface area contributed by atoms with Crippen LogP contribution in [0, 0.1) is 5.92 Å². The standard InChI is InChI=1S/C18H21N3O2S2/c1-24-14-8-6-12(7-9-14)15-11-25-18(20-15)21-16(22)3-2-10-19-17(23)13-4-5-13/h6-9,11,13H,2-5,10H2,1H3,(H,19,23)(H,20,21,22). The Labute approximate surface area is 155 Å². The van der Waals surface area contributed by atoms with E-state index in [0.29, 0.717) is 24.5 Å². The van der Waals surface area contributed by atoms with Gasteiger partial charge in [0.1, 0.15) is 0 Å². The third-order valence-corrected chi connectivity index (χ3v) is 5.47. The topological polar surface area (TPSA) is 71.1 Å². The van der Waals surface area contributed by atoms with Gasteiger partial charge in [0.2, 0.25) is 11.8 Å². The number of thioether (sulfide) groups is 1. The summed E-state index contributed by atoms with van der Waals surface area (Å²) in [6.07, 6.45) is 5.06. The van der Waals surface area contributed by atoms with Crippen molar-refractivity contribution in [1.82, 2.24) is 10.3 Å². The molecule has 5 nitrogen and oxygen atoms in total. The van der Waals surface area contributed by atoms with Crippen LogP contribution in [0.1, 0.15) is 25.7 Å². The average Bonchev–Trinajstić information content (AvgIpc) is 3.38. The highest BCUT2D eigenvalue weighted by Crippen LogP contribution is 2.29. The zero-order chi connectivity index (χ0) is 17.6. The van der Waals surface area contributed by atoms with Gasteiger partial charge in [-0.25, -0.2) is 4.98 Å². The highest BCUT2D eigenvalue weighted by molar-refractivity contribution is 7.98. The van der Waals surface area contributed by atoms with Crippen LogP contribution in [0.4, 0.5) is 5.13 Å². The molecule has 0 bridgehead atoms. The zero-order valence-electron chi connectivity index (χ0n) is 14.1. The van der Waals surface area contributed by atoms with Crippen LogP contribution in [0.15, 0.2) is 34.5 Å². The minimum atomic E-state index is -0.0701. The monoisotopic (exact) mass is 375 g/mol. The van der Waals surface area contributed by atoms with E-state index in [1.165, 1.54) is 16.2 Å². The molecule has 1 aromatic heterocycles. The summed E-state index contributed by atoms with van der Waals surface area (Å²) < 4.78 is 0. The van der Waals surface area contributed by atoms with Gasteiger partial charge in [-0.3, -0.25) is 9.59 Å². The van der Waals surface area contributed by atoms with Crippen molar-refractivity contribution >= 4 is 40.0 Å². The Bertz CT molecular complexity index is 739. The van der Waals surface area contributed by atoms with E-state index in [1.807, 2.05) is 23.8 Å². The van der Waals surface area contributed by atoms with Gasteiger partial charge in [0.25, 0.3) is 0 Å². The summed E-state index contributed by atoms with van der Waals surface area (Å²) in [6, 6.07) is 8.20. The summed E-state index contributed by atoms with van der Waals surface area (Å²) in [5.74, 6) is 0.268. The zero-order valence-corrected chi connectivity index (χ0v) is 15.7. The number of rotatable bonds is 8. The Morgan fingerprint density at radius 2 is 2.04 bits per heavy atom. The predicted molar refractivity (Wildman–Crippen MR) is 103 cm³/mol. The molecular formula is C18H21N3O2S2. The minimum absolute atomic E-state index is 0.0701. The van der Waals surface area contributed by atoms with E-state index >= 15 is 0 Å². The molecule has 132 valence electrons. The smallest absolute Gasteiger partial charge is 0.226 e. The highest BCUT2D eigenvalue weighted by atomic mass is 32.2. The molecule has 0 unspecified atom stereocenters. The van der Waals surface area contributed by atoms with E-state index in [-0.39, 0.29) is 17.7 Å². The number of anilines is 1. The molecule has 3 rings (SSSR count). The van der Waals surface area contributed by atoms with Crippen molar-refractivity contribution in [2.24, 2.45) is 5.92 Å². The van der Waals surface area contributed by atoms with E-state index in [1.54, 1.807) is 11.8 Å². The number of carbonyl (C=O) groups is 2. The van der Waals surface area contributed by atoms with Gasteiger partial charge < -0.3 is 10.6 Å². The fourth-order valence-electron chi connectivity index (χ4n) is 2.36. The molecule has 1 fully saturated rings. The summed E-state index contributed by atoms with van der Waals surface area (Å²) in [7, 11) is 0. The second-order valence-corrected chi connectivity index (χ2v) is 7.72. The molecule has 0 radical (unpaired) electrons. The predicted octanol–water partition coefficient (Wildman–Crippen LogP) is 3.78. The van der Waals surface area contributed by atoms with Gasteiger partial charge in [0.15, 0.2) is 5.13 Å². The average molecular weight is 376 g/mol. The number of hydrogen-bond donors (Lipinski definition) is 2. The molecule has 1 aromatic carbocycles. The van der Waals surface area contributed by atoms with Crippen LogP contribution in [-0.2, 0) is 9.59 Å². The molecule has 1 saturated carbocycles. The first-order chi connectivity index (χ1) is 12.2. The van der Waals surface area contributed by atoms with Crippen molar-refractivity contribution in [2.45, 2.75) is 30.6 Å². The number of carbonyl (C=O) groups excluding carboxylic acids is 2. The van der Waals surface area contributed by atoms with Gasteiger partial charge in [-0.05, 0) is 37.7 Å². The lowest BCUT2D eigenvalue weighted by Crippen LogP contribution is -2.26. The lowest BCUT2D eigenvalue weighted by atomic mass is 10.2. The van der Waals surface area contributed by atoms with Gasteiger partial charge >= 0.3 is 0 Å². The largest absolute Gasteiger partial charge is 0.356 e. The number of nitrogens with zero attached hydrogens (tertiary/aromatic N) is 1. The molecule has 1 aliphatic carbocycles. The van der Waals surface area contributed by atoms with Crippen molar-refractivity contribution < 1.29 is 9.59 Å². The summed E-state index contributed by atoms with van der Waals surface area (Å²) >= 11 is 3.12. The molecule has 25 heavy (non-hydrogen) atoms. The fourth-order valence-corrected chi connectivity index (χ4v) is 3.50. The minimum Gasteiger partial charge on any atom is -0.356 e. The molecule has 0 atom stereocenters. The molecule has 0 aliphatic heterocycles. The van der Waals surface area contributed by atoms with Crippen LogP contribution in [0.25, 0.3) is 11.3 Å². The Morgan fingerprint density at radius 3 is 2.72 bits per heavy atom. The van der Waals surface area contributed by atoms with Crippen LogP contribution in [-0.4, -0.2) is 29.6 Å². The number of thiazole rings is 1. The van der Waals surface area contributed by atoms with Crippen molar-refractivity contribution in [3.63, 3.8) is 0 Å².